The van der Waals surface area contributed by atoms with E-state index in [-0.39, 0.29) is 5.41 Å². The average molecular weight is 205 g/mol. The van der Waals surface area contributed by atoms with Crippen LogP contribution in [0.3, 0.4) is 0 Å². The molecule has 0 amide bonds. The zero-order valence-corrected chi connectivity index (χ0v) is 9.91. The quantitative estimate of drug-likeness (QED) is 0.595. The van der Waals surface area contributed by atoms with Gasteiger partial charge in [-0.3, -0.25) is 9.98 Å². The van der Waals surface area contributed by atoms with Gasteiger partial charge in [-0.15, -0.1) is 0 Å². The first-order valence-electron chi connectivity index (χ1n) is 5.11. The van der Waals surface area contributed by atoms with E-state index in [4.69, 9.17) is 5.73 Å². The Morgan fingerprint density at radius 1 is 1.47 bits per heavy atom. The zero-order chi connectivity index (χ0) is 11.5. The number of amidine groups is 1. The summed E-state index contributed by atoms with van der Waals surface area (Å²) in [6, 6.07) is 1.98. The van der Waals surface area contributed by atoms with Crippen molar-refractivity contribution >= 4 is 5.84 Å². The van der Waals surface area contributed by atoms with Crippen LogP contribution in [0.5, 0.6) is 0 Å². The molecular formula is C12H19N3. The lowest BCUT2D eigenvalue weighted by atomic mass is 9.95. The number of hydrogen-bond donors (Lipinski definition) is 1. The normalized spacial score (nSPS) is 12.9. The van der Waals surface area contributed by atoms with E-state index in [0.717, 1.165) is 5.56 Å². The molecule has 2 N–H and O–H groups in total. The third-order valence-electron chi connectivity index (χ3n) is 2.32. The molecule has 15 heavy (non-hydrogen) atoms. The van der Waals surface area contributed by atoms with Crippen molar-refractivity contribution in [3.8, 4) is 0 Å². The van der Waals surface area contributed by atoms with E-state index >= 15 is 0 Å². The Morgan fingerprint density at radius 3 is 2.67 bits per heavy atom. The van der Waals surface area contributed by atoms with Crippen molar-refractivity contribution in [2.45, 2.75) is 34.2 Å². The van der Waals surface area contributed by atoms with Gasteiger partial charge in [0.1, 0.15) is 0 Å². The van der Waals surface area contributed by atoms with Gasteiger partial charge in [0.2, 0.25) is 0 Å². The summed E-state index contributed by atoms with van der Waals surface area (Å²) in [5, 5.41) is 0. The molecule has 0 fully saturated rings. The number of hydrogen-bond acceptors (Lipinski definition) is 2. The van der Waals surface area contributed by atoms with Gasteiger partial charge in [-0.1, -0.05) is 20.8 Å². The number of nitrogens with two attached hydrogens (primary N) is 1. The lowest BCUT2D eigenvalue weighted by molar-refractivity contribution is 0.581. The van der Waals surface area contributed by atoms with Crippen molar-refractivity contribution < 1.29 is 0 Å². The molecule has 1 aromatic heterocycles. The predicted octanol–water partition coefficient (Wildman–Crippen LogP) is 2.29. The number of aliphatic imine (C=N–C) groups is 1. The van der Waals surface area contributed by atoms with Crippen molar-refractivity contribution in [3.63, 3.8) is 0 Å². The molecule has 0 aliphatic heterocycles. The minimum absolute atomic E-state index is 0.0546. The van der Waals surface area contributed by atoms with Crippen molar-refractivity contribution in [2.24, 2.45) is 16.1 Å². The minimum atomic E-state index is -0.0546. The van der Waals surface area contributed by atoms with Crippen LogP contribution >= 0.6 is 0 Å². The van der Waals surface area contributed by atoms with Crippen LogP contribution < -0.4 is 5.73 Å². The van der Waals surface area contributed by atoms with E-state index < -0.39 is 0 Å². The zero-order valence-electron chi connectivity index (χ0n) is 9.91. The molecule has 1 aromatic rings. The van der Waals surface area contributed by atoms with E-state index in [2.05, 4.69) is 30.7 Å². The molecule has 3 heteroatoms. The van der Waals surface area contributed by atoms with Crippen molar-refractivity contribution in [1.29, 1.82) is 0 Å². The highest BCUT2D eigenvalue weighted by Crippen LogP contribution is 2.14. The molecule has 0 unspecified atom stereocenters. The first-order valence-corrected chi connectivity index (χ1v) is 5.11. The summed E-state index contributed by atoms with van der Waals surface area (Å²) in [6.45, 7) is 8.85. The van der Waals surface area contributed by atoms with Crippen LogP contribution in [0.25, 0.3) is 0 Å². The topological polar surface area (TPSA) is 51.3 Å². The van der Waals surface area contributed by atoms with Gasteiger partial charge in [-0.2, -0.15) is 0 Å². The molecule has 0 aromatic carbocycles. The summed E-state index contributed by atoms with van der Waals surface area (Å²) in [6.07, 6.45) is 3.63. The Morgan fingerprint density at radius 2 is 2.13 bits per heavy atom. The maximum Gasteiger partial charge on any atom is 0.0995 e. The molecule has 0 saturated heterocycles. The Kier molecular flexibility index (Phi) is 3.45. The van der Waals surface area contributed by atoms with E-state index in [1.54, 1.807) is 6.20 Å². The predicted molar refractivity (Wildman–Crippen MR) is 63.8 cm³/mol. The smallest absolute Gasteiger partial charge is 0.0995 e. The van der Waals surface area contributed by atoms with Crippen LogP contribution in [0.1, 0.15) is 31.9 Å². The molecular weight excluding hydrogens is 186 g/mol. The van der Waals surface area contributed by atoms with Gasteiger partial charge < -0.3 is 5.73 Å². The van der Waals surface area contributed by atoms with E-state index in [1.165, 1.54) is 5.56 Å². The third-order valence-corrected chi connectivity index (χ3v) is 2.32. The van der Waals surface area contributed by atoms with Crippen LogP contribution in [0.15, 0.2) is 23.5 Å². The van der Waals surface area contributed by atoms with Gasteiger partial charge in [0, 0.05) is 17.8 Å². The first kappa shape index (κ1) is 11.7. The van der Waals surface area contributed by atoms with Crippen LogP contribution in [0.2, 0.25) is 0 Å². The molecule has 0 atom stereocenters. The fourth-order valence-electron chi connectivity index (χ4n) is 1.09. The highest BCUT2D eigenvalue weighted by atomic mass is 14.9. The fraction of sp³-hybridized carbons (Fsp3) is 0.500. The standard InChI is InChI=1S/C12H19N3/c1-9-7-14-6-5-10(9)8-15-11(13)12(2,3)4/h5-7H,8H2,1-4H3,(H2,13,15). The Bertz CT molecular complexity index is 361. The molecule has 82 valence electrons. The molecule has 0 saturated carbocycles. The molecule has 0 spiro atoms. The second-order valence-electron chi connectivity index (χ2n) is 4.75. The summed E-state index contributed by atoms with van der Waals surface area (Å²) in [7, 11) is 0. The summed E-state index contributed by atoms with van der Waals surface area (Å²) >= 11 is 0. The number of nitrogens with zero attached hydrogens (tertiary/aromatic N) is 2. The lowest BCUT2D eigenvalue weighted by Gasteiger charge is -2.17. The average Bonchev–Trinajstić information content (AvgIpc) is 2.14. The second-order valence-corrected chi connectivity index (χ2v) is 4.75. The van der Waals surface area contributed by atoms with Crippen LogP contribution in [-0.4, -0.2) is 10.8 Å². The molecule has 0 bridgehead atoms. The van der Waals surface area contributed by atoms with Crippen molar-refractivity contribution in [3.05, 3.63) is 29.6 Å². The highest BCUT2D eigenvalue weighted by molar-refractivity contribution is 5.85. The number of pyridine rings is 1. The Labute approximate surface area is 91.4 Å². The fourth-order valence-corrected chi connectivity index (χ4v) is 1.09. The molecule has 1 heterocycles. The van der Waals surface area contributed by atoms with Gasteiger partial charge >= 0.3 is 0 Å². The number of aryl methyl sites for hydroxylation is 1. The SMILES string of the molecule is Cc1cnccc1CN=C(N)C(C)(C)C. The van der Waals surface area contributed by atoms with Gasteiger partial charge in [-0.25, -0.2) is 0 Å². The van der Waals surface area contributed by atoms with Gasteiger partial charge in [-0.05, 0) is 24.1 Å². The first-order chi connectivity index (χ1) is 6.91. The Hall–Kier alpha value is -1.38. The van der Waals surface area contributed by atoms with Crippen molar-refractivity contribution in [1.82, 2.24) is 4.98 Å². The van der Waals surface area contributed by atoms with E-state index in [0.29, 0.717) is 12.4 Å². The number of aromatic nitrogens is 1. The van der Waals surface area contributed by atoms with Crippen LogP contribution in [0.4, 0.5) is 0 Å². The van der Waals surface area contributed by atoms with Crippen LogP contribution in [-0.2, 0) is 6.54 Å². The Balaban J connectivity index is 2.77. The van der Waals surface area contributed by atoms with Gasteiger partial charge in [0.25, 0.3) is 0 Å². The van der Waals surface area contributed by atoms with Crippen molar-refractivity contribution in [2.75, 3.05) is 0 Å². The van der Waals surface area contributed by atoms with Gasteiger partial charge in [0.15, 0.2) is 0 Å². The molecule has 0 aliphatic rings. The summed E-state index contributed by atoms with van der Waals surface area (Å²) in [4.78, 5) is 8.43. The number of rotatable bonds is 2. The molecule has 0 radical (unpaired) electrons. The van der Waals surface area contributed by atoms with Crippen LogP contribution in [0, 0.1) is 12.3 Å². The lowest BCUT2D eigenvalue weighted by Crippen LogP contribution is -2.29. The van der Waals surface area contributed by atoms with E-state index in [9.17, 15) is 0 Å². The molecule has 3 nitrogen and oxygen atoms in total. The minimum Gasteiger partial charge on any atom is -0.387 e. The maximum absolute atomic E-state index is 5.88. The highest BCUT2D eigenvalue weighted by Gasteiger charge is 2.14. The third kappa shape index (κ3) is 3.35. The monoisotopic (exact) mass is 205 g/mol. The van der Waals surface area contributed by atoms with E-state index in [1.807, 2.05) is 19.2 Å². The maximum atomic E-state index is 5.88. The largest absolute Gasteiger partial charge is 0.387 e. The summed E-state index contributed by atoms with van der Waals surface area (Å²) in [5.74, 6) is 0.693. The summed E-state index contributed by atoms with van der Waals surface area (Å²) in [5.41, 5.74) is 8.16. The summed E-state index contributed by atoms with van der Waals surface area (Å²) < 4.78 is 0. The second kappa shape index (κ2) is 4.43. The van der Waals surface area contributed by atoms with Gasteiger partial charge in [0.05, 0.1) is 12.4 Å². The molecule has 1 rings (SSSR count). The molecule has 0 aliphatic carbocycles.